The highest BCUT2D eigenvalue weighted by Crippen LogP contribution is 2.31. The van der Waals surface area contributed by atoms with Crippen LogP contribution in [0.25, 0.3) is 4.48 Å². The Labute approximate surface area is 116 Å². The summed E-state index contributed by atoms with van der Waals surface area (Å²) >= 11 is 3.14. The average molecular weight is 334 g/mol. The Morgan fingerprint density at radius 3 is 3.00 bits per heavy atom. The lowest BCUT2D eigenvalue weighted by molar-refractivity contribution is -0.0393. The van der Waals surface area contributed by atoms with Crippen molar-refractivity contribution in [2.45, 2.75) is 24.9 Å². The Kier molecular flexibility index (Phi) is 4.02. The van der Waals surface area contributed by atoms with E-state index in [2.05, 4.69) is 27.5 Å². The van der Waals surface area contributed by atoms with E-state index in [9.17, 15) is 9.18 Å². The van der Waals surface area contributed by atoms with E-state index in [-0.39, 0.29) is 18.8 Å². The van der Waals surface area contributed by atoms with Gasteiger partial charge in [0.25, 0.3) is 0 Å². The molecule has 2 rings (SSSR count). The molecule has 1 aromatic rings. The minimum Gasteiger partial charge on any atom is -0.394 e. The molecular weight excluding hydrogens is 321 g/mol. The van der Waals surface area contributed by atoms with Crippen LogP contribution < -0.4 is 11.4 Å². The molecule has 1 aliphatic rings. The van der Waals surface area contributed by atoms with Crippen molar-refractivity contribution < 1.29 is 14.2 Å². The van der Waals surface area contributed by atoms with Crippen molar-refractivity contribution in [3.63, 3.8) is 0 Å². The van der Waals surface area contributed by atoms with Crippen LogP contribution in [0.1, 0.15) is 18.2 Å². The highest BCUT2D eigenvalue weighted by Gasteiger charge is 2.37. The van der Waals surface area contributed by atoms with Crippen LogP contribution in [0.3, 0.4) is 0 Å². The van der Waals surface area contributed by atoms with Gasteiger partial charge in [0.15, 0.2) is 6.23 Å². The first kappa shape index (κ1) is 14.2. The third-order valence-corrected chi connectivity index (χ3v) is 3.31. The second kappa shape index (κ2) is 5.40. The van der Waals surface area contributed by atoms with Crippen LogP contribution in [-0.2, 0) is 4.74 Å². The maximum Gasteiger partial charge on any atom is 0.351 e. The minimum atomic E-state index is -1.39. The molecular formula is C11H13BrFN3O3. The summed E-state index contributed by atoms with van der Waals surface area (Å²) in [7, 11) is 0. The summed E-state index contributed by atoms with van der Waals surface area (Å²) in [6.45, 7) is 3.34. The molecule has 104 valence electrons. The van der Waals surface area contributed by atoms with E-state index in [1.807, 2.05) is 0 Å². The summed E-state index contributed by atoms with van der Waals surface area (Å²) in [5.41, 5.74) is 5.27. The van der Waals surface area contributed by atoms with Gasteiger partial charge in [-0.3, -0.25) is 4.57 Å². The number of ether oxygens (including phenoxy) is 1. The Balaban J connectivity index is 2.43. The molecule has 0 saturated carbocycles. The van der Waals surface area contributed by atoms with E-state index in [0.717, 1.165) is 4.57 Å². The van der Waals surface area contributed by atoms with Crippen molar-refractivity contribution in [3.05, 3.63) is 28.8 Å². The van der Waals surface area contributed by atoms with E-state index in [1.165, 1.54) is 6.20 Å². The molecule has 0 bridgehead atoms. The van der Waals surface area contributed by atoms with Gasteiger partial charge in [0.2, 0.25) is 0 Å². The maximum atomic E-state index is 13.8. The van der Waals surface area contributed by atoms with Crippen LogP contribution in [0.15, 0.2) is 17.6 Å². The molecule has 0 radical (unpaired) electrons. The van der Waals surface area contributed by atoms with Crippen molar-refractivity contribution in [1.82, 2.24) is 9.55 Å². The number of aliphatic hydroxyl groups excluding tert-OH is 1. The third-order valence-electron chi connectivity index (χ3n) is 2.88. The smallest absolute Gasteiger partial charge is 0.351 e. The molecule has 6 nitrogen and oxygen atoms in total. The van der Waals surface area contributed by atoms with Crippen molar-refractivity contribution in [3.8, 4) is 0 Å². The minimum absolute atomic E-state index is 0.00948. The number of anilines is 1. The number of aromatic nitrogens is 2. The maximum absolute atomic E-state index is 13.8. The number of hydrogen-bond acceptors (Lipinski definition) is 5. The molecule has 8 heteroatoms. The molecule has 3 N–H and O–H groups in total. The predicted molar refractivity (Wildman–Crippen MR) is 71.4 cm³/mol. The lowest BCUT2D eigenvalue weighted by Gasteiger charge is -2.17. The average Bonchev–Trinajstić information content (AvgIpc) is 2.70. The summed E-state index contributed by atoms with van der Waals surface area (Å²) in [5.74, 6) is 0.00948. The molecule has 1 aromatic heterocycles. The fourth-order valence-corrected chi connectivity index (χ4v) is 2.24. The van der Waals surface area contributed by atoms with Gasteiger partial charge >= 0.3 is 5.69 Å². The monoisotopic (exact) mass is 333 g/mol. The number of rotatable bonds is 3. The molecule has 3 atom stereocenters. The lowest BCUT2D eigenvalue weighted by atomic mass is 10.2. The number of nitrogens with two attached hydrogens (primary N) is 1. The molecule has 0 aliphatic carbocycles. The van der Waals surface area contributed by atoms with Crippen molar-refractivity contribution in [1.29, 1.82) is 0 Å². The first-order chi connectivity index (χ1) is 8.93. The zero-order chi connectivity index (χ0) is 14.2. The van der Waals surface area contributed by atoms with Crippen LogP contribution in [0, 0.1) is 0 Å². The number of aliphatic hydroxyl groups is 1. The van der Waals surface area contributed by atoms with Crippen LogP contribution in [-0.4, -0.2) is 33.5 Å². The van der Waals surface area contributed by atoms with E-state index in [1.54, 1.807) is 0 Å². The van der Waals surface area contributed by atoms with Crippen LogP contribution in [0.2, 0.25) is 0 Å². The molecule has 19 heavy (non-hydrogen) atoms. The highest BCUT2D eigenvalue weighted by atomic mass is 79.9. The van der Waals surface area contributed by atoms with Crippen molar-refractivity contribution in [2.75, 3.05) is 12.3 Å². The molecule has 1 saturated heterocycles. The number of halogens is 2. The molecule has 1 aliphatic heterocycles. The molecule has 0 amide bonds. The zero-order valence-electron chi connectivity index (χ0n) is 9.92. The second-order valence-corrected chi connectivity index (χ2v) is 5.17. The van der Waals surface area contributed by atoms with Gasteiger partial charge in [0.05, 0.1) is 12.7 Å². The van der Waals surface area contributed by atoms with Crippen LogP contribution in [0.5, 0.6) is 0 Å². The quantitative estimate of drug-likeness (QED) is 0.854. The van der Waals surface area contributed by atoms with Gasteiger partial charge in [0, 0.05) is 22.7 Å². The Morgan fingerprint density at radius 1 is 1.79 bits per heavy atom. The predicted octanol–water partition coefficient (Wildman–Crippen LogP) is 0.809. The zero-order valence-corrected chi connectivity index (χ0v) is 11.5. The van der Waals surface area contributed by atoms with Gasteiger partial charge in [-0.05, 0) is 0 Å². The Hall–Kier alpha value is -1.25. The topological polar surface area (TPSA) is 90.4 Å². The van der Waals surface area contributed by atoms with E-state index < -0.39 is 24.2 Å². The van der Waals surface area contributed by atoms with Gasteiger partial charge in [-0.15, -0.1) is 0 Å². The van der Waals surface area contributed by atoms with E-state index >= 15 is 0 Å². The van der Waals surface area contributed by atoms with Gasteiger partial charge in [-0.25, -0.2) is 9.18 Å². The summed E-state index contributed by atoms with van der Waals surface area (Å²) in [4.78, 5) is 15.4. The van der Waals surface area contributed by atoms with Gasteiger partial charge < -0.3 is 15.6 Å². The summed E-state index contributed by atoms with van der Waals surface area (Å²) < 4.78 is 20.6. The number of alkyl halides is 1. The summed E-state index contributed by atoms with van der Waals surface area (Å²) in [6.07, 6.45) is -1.75. The fourth-order valence-electron chi connectivity index (χ4n) is 1.94. The molecule has 2 heterocycles. The van der Waals surface area contributed by atoms with E-state index in [0.29, 0.717) is 10.0 Å². The lowest BCUT2D eigenvalue weighted by Crippen LogP contribution is -2.31. The van der Waals surface area contributed by atoms with Gasteiger partial charge in [-0.2, -0.15) is 4.98 Å². The summed E-state index contributed by atoms with van der Waals surface area (Å²) in [6, 6.07) is 0. The van der Waals surface area contributed by atoms with Crippen LogP contribution >= 0.6 is 15.9 Å². The fraction of sp³-hybridized carbons (Fsp3) is 0.455. The van der Waals surface area contributed by atoms with Crippen molar-refractivity contribution >= 4 is 26.2 Å². The molecule has 0 aromatic carbocycles. The SMILES string of the molecule is C=C(Br)c1cn([C@@H]2O[C@H](CO)C[C@@H]2F)c(=O)nc1N. The van der Waals surface area contributed by atoms with Gasteiger partial charge in [-0.1, -0.05) is 22.5 Å². The van der Waals surface area contributed by atoms with Crippen LogP contribution in [0.4, 0.5) is 10.2 Å². The number of nitrogens with zero attached hydrogens (tertiary/aromatic N) is 2. The first-order valence-electron chi connectivity index (χ1n) is 5.58. The Morgan fingerprint density at radius 2 is 2.47 bits per heavy atom. The number of hydrogen-bond donors (Lipinski definition) is 2. The van der Waals surface area contributed by atoms with Gasteiger partial charge in [0.1, 0.15) is 12.0 Å². The largest absolute Gasteiger partial charge is 0.394 e. The number of nitrogen functional groups attached to an aromatic ring is 1. The van der Waals surface area contributed by atoms with E-state index in [4.69, 9.17) is 15.6 Å². The third kappa shape index (κ3) is 2.70. The Bertz CT molecular complexity index is 563. The standard InChI is InChI=1S/C11H13BrFN3O3/c1-5(12)7-3-16(11(18)15-9(7)14)10-8(13)2-6(4-17)19-10/h3,6,8,10,17H,1-2,4H2,(H2,14,15,18)/t6-,8-,10+/m0/s1. The normalized spacial score (nSPS) is 26.6. The highest BCUT2D eigenvalue weighted by molar-refractivity contribution is 9.15. The molecule has 0 spiro atoms. The molecule has 0 unspecified atom stereocenters. The molecule has 1 fully saturated rings. The summed E-state index contributed by atoms with van der Waals surface area (Å²) in [5, 5.41) is 8.97. The van der Waals surface area contributed by atoms with Crippen molar-refractivity contribution in [2.24, 2.45) is 0 Å². The second-order valence-electron chi connectivity index (χ2n) is 4.22. The first-order valence-corrected chi connectivity index (χ1v) is 6.37.